The Morgan fingerprint density at radius 3 is 2.77 bits per heavy atom. The van der Waals surface area contributed by atoms with Crippen LogP contribution in [0.5, 0.6) is 5.75 Å². The lowest BCUT2D eigenvalue weighted by molar-refractivity contribution is -0.201. The molecule has 7 rings (SSSR count). The number of Topliss-reactive ketones (excluding diaryl/α,β-unsaturated/α-hetero) is 1. The van der Waals surface area contributed by atoms with Gasteiger partial charge in [-0.2, -0.15) is 0 Å². The summed E-state index contributed by atoms with van der Waals surface area (Å²) >= 11 is 0. The Bertz CT molecular complexity index is 1530. The molecule has 43 heavy (non-hydrogen) atoms. The van der Waals surface area contributed by atoms with Gasteiger partial charge in [-0.15, -0.1) is 0 Å². The molecular formula is C35H39NO7. The van der Waals surface area contributed by atoms with E-state index in [0.29, 0.717) is 30.9 Å². The lowest BCUT2D eigenvalue weighted by Crippen LogP contribution is -2.63. The number of anilines is 1. The summed E-state index contributed by atoms with van der Waals surface area (Å²) in [5, 5.41) is 22.1. The topological polar surface area (TPSA) is 128 Å². The fourth-order valence-electron chi connectivity index (χ4n) is 9.43. The third-order valence-corrected chi connectivity index (χ3v) is 11.3. The first-order valence-electron chi connectivity index (χ1n) is 15.3. The van der Waals surface area contributed by atoms with E-state index in [-0.39, 0.29) is 23.5 Å². The van der Waals surface area contributed by atoms with E-state index in [1.54, 1.807) is 12.2 Å². The van der Waals surface area contributed by atoms with Crippen LogP contribution in [0.2, 0.25) is 0 Å². The maximum atomic E-state index is 13.8. The number of hydrogen-bond acceptors (Lipinski definition) is 8. The SMILES string of the molecule is C[C@]12C=CC(=O)C=C1CC[C@@H]1[C@@H]2[C@@H](O)C[C@@]2(C)[C@H]1C[C@H]1O[C@H](c3cccc(OCc4cccc(N)c4)c3)O[C@]12C(=O)CO. The average Bonchev–Trinajstić information content (AvgIpc) is 3.49. The van der Waals surface area contributed by atoms with Gasteiger partial charge in [0, 0.05) is 28.0 Å². The lowest BCUT2D eigenvalue weighted by Gasteiger charge is -2.59. The maximum absolute atomic E-state index is 13.8. The van der Waals surface area contributed by atoms with Crippen LogP contribution in [-0.2, 0) is 25.7 Å². The van der Waals surface area contributed by atoms with Gasteiger partial charge in [0.05, 0.1) is 12.2 Å². The molecule has 0 amide bonds. The van der Waals surface area contributed by atoms with E-state index in [1.165, 1.54) is 0 Å². The zero-order valence-electron chi connectivity index (χ0n) is 24.6. The highest BCUT2D eigenvalue weighted by atomic mass is 16.7. The van der Waals surface area contributed by atoms with Gasteiger partial charge in [0.1, 0.15) is 19.0 Å². The van der Waals surface area contributed by atoms with Crippen molar-refractivity contribution in [3.05, 3.63) is 83.5 Å². The number of ketones is 2. The molecule has 2 aromatic carbocycles. The molecular weight excluding hydrogens is 546 g/mol. The Kier molecular flexibility index (Phi) is 6.70. The second kappa shape index (κ2) is 10.1. The largest absolute Gasteiger partial charge is 0.489 e. The number of carbonyl (C=O) groups is 2. The average molecular weight is 586 g/mol. The van der Waals surface area contributed by atoms with Crippen molar-refractivity contribution in [2.75, 3.05) is 12.3 Å². The van der Waals surface area contributed by atoms with Crippen LogP contribution in [0, 0.1) is 28.6 Å². The fraction of sp³-hybridized carbons (Fsp3) is 0.486. The van der Waals surface area contributed by atoms with Crippen LogP contribution in [0.3, 0.4) is 0 Å². The predicted octanol–water partition coefficient (Wildman–Crippen LogP) is 4.45. The van der Waals surface area contributed by atoms with Crippen molar-refractivity contribution < 1.29 is 34.0 Å². The number of ether oxygens (including phenoxy) is 3. The fourth-order valence-corrected chi connectivity index (χ4v) is 9.43. The van der Waals surface area contributed by atoms with Gasteiger partial charge in [-0.3, -0.25) is 9.59 Å². The third-order valence-electron chi connectivity index (χ3n) is 11.3. The molecule has 1 heterocycles. The molecule has 1 aliphatic heterocycles. The molecule has 0 unspecified atom stereocenters. The number of fused-ring (bicyclic) bond motifs is 7. The zero-order chi connectivity index (χ0) is 30.1. The quantitative estimate of drug-likeness (QED) is 0.425. The van der Waals surface area contributed by atoms with Crippen molar-refractivity contribution in [1.29, 1.82) is 0 Å². The number of rotatable bonds is 6. The second-order valence-corrected chi connectivity index (χ2v) is 13.4. The van der Waals surface area contributed by atoms with Gasteiger partial charge in [-0.1, -0.05) is 49.8 Å². The van der Waals surface area contributed by atoms with Gasteiger partial charge in [-0.25, -0.2) is 0 Å². The summed E-state index contributed by atoms with van der Waals surface area (Å²) in [6.07, 6.45) is 5.74. The summed E-state index contributed by atoms with van der Waals surface area (Å²) in [5.41, 5.74) is 6.76. The molecule has 9 atom stereocenters. The van der Waals surface area contributed by atoms with E-state index >= 15 is 0 Å². The smallest absolute Gasteiger partial charge is 0.193 e. The summed E-state index contributed by atoms with van der Waals surface area (Å²) in [4.78, 5) is 25.9. The van der Waals surface area contributed by atoms with Crippen LogP contribution in [0.1, 0.15) is 56.9 Å². The highest BCUT2D eigenvalue weighted by molar-refractivity contribution is 6.01. The summed E-state index contributed by atoms with van der Waals surface area (Å²) < 4.78 is 19.3. The van der Waals surface area contributed by atoms with Crippen molar-refractivity contribution in [2.24, 2.45) is 28.6 Å². The minimum atomic E-state index is -1.39. The number of nitrogens with two attached hydrogens (primary N) is 1. The van der Waals surface area contributed by atoms with Gasteiger partial charge in [0.2, 0.25) is 0 Å². The molecule has 3 saturated carbocycles. The van der Waals surface area contributed by atoms with Crippen molar-refractivity contribution >= 4 is 17.3 Å². The maximum Gasteiger partial charge on any atom is 0.193 e. The summed E-state index contributed by atoms with van der Waals surface area (Å²) in [6.45, 7) is 3.84. The zero-order valence-corrected chi connectivity index (χ0v) is 24.6. The summed E-state index contributed by atoms with van der Waals surface area (Å²) in [6, 6.07) is 15.0. The predicted molar refractivity (Wildman–Crippen MR) is 159 cm³/mol. The van der Waals surface area contributed by atoms with E-state index in [2.05, 4.69) is 6.92 Å². The van der Waals surface area contributed by atoms with E-state index in [1.807, 2.05) is 61.5 Å². The van der Waals surface area contributed by atoms with Crippen molar-refractivity contribution in [2.45, 2.75) is 70.2 Å². The minimum Gasteiger partial charge on any atom is -0.489 e. The first-order valence-corrected chi connectivity index (χ1v) is 15.3. The molecule has 0 aromatic heterocycles. The number of aliphatic hydroxyl groups is 2. The van der Waals surface area contributed by atoms with Crippen molar-refractivity contribution in [3.8, 4) is 5.75 Å². The van der Waals surface area contributed by atoms with Gasteiger partial charge >= 0.3 is 0 Å². The number of nitrogen functional groups attached to an aromatic ring is 1. The van der Waals surface area contributed by atoms with Crippen molar-refractivity contribution in [3.63, 3.8) is 0 Å². The Morgan fingerprint density at radius 1 is 1.16 bits per heavy atom. The Hall–Kier alpha value is -3.30. The number of hydrogen-bond donors (Lipinski definition) is 3. The van der Waals surface area contributed by atoms with Gasteiger partial charge in [-0.05, 0) is 79.5 Å². The molecule has 8 nitrogen and oxygen atoms in total. The monoisotopic (exact) mass is 585 g/mol. The molecule has 0 bridgehead atoms. The molecule has 0 radical (unpaired) electrons. The first kappa shape index (κ1) is 28.5. The van der Waals surface area contributed by atoms with E-state index in [4.69, 9.17) is 19.9 Å². The summed E-state index contributed by atoms with van der Waals surface area (Å²) in [5.74, 6) is 0.285. The lowest BCUT2D eigenvalue weighted by atomic mass is 9.46. The molecule has 5 aliphatic rings. The molecule has 1 saturated heterocycles. The normalized spacial score (nSPS) is 39.3. The number of benzene rings is 2. The van der Waals surface area contributed by atoms with E-state index in [0.717, 1.165) is 29.5 Å². The van der Waals surface area contributed by atoms with Crippen LogP contribution in [-0.4, -0.2) is 46.2 Å². The Labute approximate surface area is 251 Å². The van der Waals surface area contributed by atoms with Gasteiger partial charge < -0.3 is 30.2 Å². The highest BCUT2D eigenvalue weighted by Crippen LogP contribution is 2.70. The highest BCUT2D eigenvalue weighted by Gasteiger charge is 2.75. The number of allylic oxidation sites excluding steroid dienone is 4. The first-order chi connectivity index (χ1) is 20.6. The van der Waals surface area contributed by atoms with Gasteiger partial charge in [0.15, 0.2) is 23.5 Å². The van der Waals surface area contributed by atoms with Crippen molar-refractivity contribution in [1.82, 2.24) is 0 Å². The summed E-state index contributed by atoms with van der Waals surface area (Å²) in [7, 11) is 0. The number of carbonyl (C=O) groups excluding carboxylic acids is 2. The Balaban J connectivity index is 1.17. The second-order valence-electron chi connectivity index (χ2n) is 13.4. The minimum absolute atomic E-state index is 0.00368. The molecule has 8 heteroatoms. The Morgan fingerprint density at radius 2 is 1.98 bits per heavy atom. The van der Waals surface area contributed by atoms with Gasteiger partial charge in [0.25, 0.3) is 0 Å². The van der Waals surface area contributed by atoms with Crippen LogP contribution >= 0.6 is 0 Å². The molecule has 4 aliphatic carbocycles. The number of aliphatic hydroxyl groups excluding tert-OH is 2. The molecule has 226 valence electrons. The molecule has 4 fully saturated rings. The van der Waals surface area contributed by atoms with E-state index in [9.17, 15) is 19.8 Å². The van der Waals surface area contributed by atoms with Crippen LogP contribution < -0.4 is 10.5 Å². The van der Waals surface area contributed by atoms with E-state index < -0.39 is 47.3 Å². The van der Waals surface area contributed by atoms with Crippen LogP contribution in [0.15, 0.2) is 72.3 Å². The molecule has 2 aromatic rings. The molecule has 4 N–H and O–H groups in total. The molecule has 0 spiro atoms. The third kappa shape index (κ3) is 4.18. The van der Waals surface area contributed by atoms with Crippen LogP contribution in [0.25, 0.3) is 0 Å². The standard InChI is InChI=1S/C35H39NO7/c1-33-12-11-24(38)15-22(33)9-10-26-27-16-30-35(29(40)18-37,34(27,2)17-28(39)31(26)33)43-32(42-30)21-6-4-8-25(14-21)41-19-20-5-3-7-23(36)13-20/h3-8,11-15,26-28,30-32,37,39H,9-10,16-19,36H2,1-2H3/t26-,27-,28-,30+,31+,32-,33-,34-,35+/m0/s1. The van der Waals surface area contributed by atoms with Crippen LogP contribution in [0.4, 0.5) is 5.69 Å².